The molecular weight excluding hydrogens is 270 g/mol. The molecule has 0 bridgehead atoms. The predicted molar refractivity (Wildman–Crippen MR) is 83.5 cm³/mol. The molecule has 1 aliphatic rings. The molecular formula is C16H23NO2S. The number of carboxylic acid groups (broad SMARTS) is 1. The van der Waals surface area contributed by atoms with Gasteiger partial charge in [0.15, 0.2) is 0 Å². The number of carbonyl (C=O) groups is 1. The van der Waals surface area contributed by atoms with Gasteiger partial charge in [-0.15, -0.1) is 11.8 Å². The molecule has 0 aliphatic heterocycles. The van der Waals surface area contributed by atoms with E-state index in [4.69, 9.17) is 0 Å². The summed E-state index contributed by atoms with van der Waals surface area (Å²) in [5.41, 5.74) is 1.78. The van der Waals surface area contributed by atoms with Gasteiger partial charge in [-0.2, -0.15) is 0 Å². The zero-order valence-electron chi connectivity index (χ0n) is 12.4. The van der Waals surface area contributed by atoms with Crippen LogP contribution in [0, 0.1) is 13.8 Å². The smallest absolute Gasteiger partial charge is 0.323 e. The summed E-state index contributed by atoms with van der Waals surface area (Å²) < 4.78 is 0. The molecule has 1 aromatic rings. The average molecular weight is 293 g/mol. The maximum atomic E-state index is 11.5. The van der Waals surface area contributed by atoms with E-state index in [2.05, 4.69) is 37.4 Å². The van der Waals surface area contributed by atoms with Crippen molar-refractivity contribution in [2.24, 2.45) is 0 Å². The second-order valence-electron chi connectivity index (χ2n) is 5.90. The third-order valence-electron chi connectivity index (χ3n) is 3.92. The van der Waals surface area contributed by atoms with Crippen LogP contribution in [-0.2, 0) is 4.79 Å². The lowest BCUT2D eigenvalue weighted by molar-refractivity contribution is -0.144. The summed E-state index contributed by atoms with van der Waals surface area (Å²) in [6.45, 7) is 6.01. The van der Waals surface area contributed by atoms with Gasteiger partial charge in [0, 0.05) is 16.7 Å². The van der Waals surface area contributed by atoms with Crippen molar-refractivity contribution < 1.29 is 9.90 Å². The Morgan fingerprint density at radius 1 is 1.40 bits per heavy atom. The molecule has 0 amide bonds. The Hall–Kier alpha value is -1.00. The van der Waals surface area contributed by atoms with Crippen molar-refractivity contribution >= 4 is 17.7 Å². The van der Waals surface area contributed by atoms with Gasteiger partial charge in [0.25, 0.3) is 0 Å². The molecule has 0 aromatic heterocycles. The fraction of sp³-hybridized carbons (Fsp3) is 0.562. The number of aryl methyl sites for hydroxylation is 2. The Morgan fingerprint density at radius 2 is 2.10 bits per heavy atom. The van der Waals surface area contributed by atoms with Gasteiger partial charge in [0.1, 0.15) is 5.54 Å². The summed E-state index contributed by atoms with van der Waals surface area (Å²) >= 11 is 1.73. The minimum absolute atomic E-state index is 0.405. The molecule has 4 heteroatoms. The molecule has 1 fully saturated rings. The Labute approximate surface area is 125 Å². The highest BCUT2D eigenvalue weighted by atomic mass is 32.2. The lowest BCUT2D eigenvalue weighted by atomic mass is 9.99. The van der Waals surface area contributed by atoms with Crippen molar-refractivity contribution in [3.63, 3.8) is 0 Å². The minimum Gasteiger partial charge on any atom is -0.480 e. The number of carboxylic acids is 1. The van der Waals surface area contributed by atoms with Crippen LogP contribution in [0.15, 0.2) is 23.1 Å². The first-order chi connectivity index (χ1) is 9.40. The van der Waals surface area contributed by atoms with Gasteiger partial charge in [-0.05, 0) is 63.3 Å². The van der Waals surface area contributed by atoms with E-state index >= 15 is 0 Å². The van der Waals surface area contributed by atoms with Crippen LogP contribution in [0.2, 0.25) is 0 Å². The van der Waals surface area contributed by atoms with E-state index in [0.29, 0.717) is 12.5 Å². The van der Waals surface area contributed by atoms with Crippen LogP contribution in [0.1, 0.15) is 37.3 Å². The lowest BCUT2D eigenvalue weighted by Gasteiger charge is -2.26. The summed E-state index contributed by atoms with van der Waals surface area (Å²) in [7, 11) is 0. The van der Waals surface area contributed by atoms with Gasteiger partial charge in [0.05, 0.1) is 0 Å². The number of aliphatic carboxylic acids is 1. The van der Waals surface area contributed by atoms with Crippen LogP contribution in [0.4, 0.5) is 0 Å². The zero-order chi connectivity index (χ0) is 14.8. The first-order valence-corrected chi connectivity index (χ1v) is 8.10. The van der Waals surface area contributed by atoms with Crippen molar-refractivity contribution in [3.05, 3.63) is 29.3 Å². The zero-order valence-corrected chi connectivity index (χ0v) is 13.2. The highest BCUT2D eigenvalue weighted by Crippen LogP contribution is 2.27. The van der Waals surface area contributed by atoms with Crippen LogP contribution < -0.4 is 5.32 Å². The van der Waals surface area contributed by atoms with E-state index in [0.717, 1.165) is 18.6 Å². The molecule has 3 nitrogen and oxygen atoms in total. The average Bonchev–Trinajstić information content (AvgIpc) is 3.17. The summed E-state index contributed by atoms with van der Waals surface area (Å²) in [5, 5.41) is 12.7. The molecule has 1 unspecified atom stereocenters. The molecule has 20 heavy (non-hydrogen) atoms. The van der Waals surface area contributed by atoms with Crippen LogP contribution in [0.25, 0.3) is 0 Å². The molecule has 110 valence electrons. The summed E-state index contributed by atoms with van der Waals surface area (Å²) in [5.74, 6) is 0.0652. The van der Waals surface area contributed by atoms with Crippen LogP contribution in [-0.4, -0.2) is 28.4 Å². The summed E-state index contributed by atoms with van der Waals surface area (Å²) in [6.07, 6.45) is 2.84. The van der Waals surface area contributed by atoms with E-state index in [9.17, 15) is 9.90 Å². The van der Waals surface area contributed by atoms with Gasteiger partial charge >= 0.3 is 5.97 Å². The molecule has 1 aromatic carbocycles. The highest BCUT2D eigenvalue weighted by Gasteiger charge is 2.37. The highest BCUT2D eigenvalue weighted by molar-refractivity contribution is 7.99. The number of hydrogen-bond donors (Lipinski definition) is 2. The molecule has 0 heterocycles. The summed E-state index contributed by atoms with van der Waals surface area (Å²) in [6, 6.07) is 6.81. The van der Waals surface area contributed by atoms with Gasteiger partial charge in [-0.3, -0.25) is 10.1 Å². The molecule has 0 radical (unpaired) electrons. The van der Waals surface area contributed by atoms with E-state index in [1.165, 1.54) is 16.0 Å². The quantitative estimate of drug-likeness (QED) is 0.757. The molecule has 0 spiro atoms. The van der Waals surface area contributed by atoms with Crippen LogP contribution in [0.3, 0.4) is 0 Å². The number of thioether (sulfide) groups is 1. The largest absolute Gasteiger partial charge is 0.480 e. The predicted octanol–water partition coefficient (Wildman–Crippen LogP) is 3.38. The molecule has 1 saturated carbocycles. The monoisotopic (exact) mass is 293 g/mol. The number of benzene rings is 1. The first kappa shape index (κ1) is 15.4. The van der Waals surface area contributed by atoms with Gasteiger partial charge in [-0.25, -0.2) is 0 Å². The second-order valence-corrected chi connectivity index (χ2v) is 7.07. The summed E-state index contributed by atoms with van der Waals surface area (Å²) in [4.78, 5) is 12.7. The van der Waals surface area contributed by atoms with Gasteiger partial charge in [-0.1, -0.05) is 6.07 Å². The third kappa shape index (κ3) is 4.00. The maximum Gasteiger partial charge on any atom is 0.323 e. The molecule has 0 saturated heterocycles. The van der Waals surface area contributed by atoms with Crippen molar-refractivity contribution in [1.29, 1.82) is 0 Å². The van der Waals surface area contributed by atoms with Crippen molar-refractivity contribution in [2.75, 3.05) is 5.75 Å². The lowest BCUT2D eigenvalue weighted by Crippen LogP contribution is -2.50. The second kappa shape index (κ2) is 6.19. The SMILES string of the molecule is Cc1ccc(SCCC(C)(NC2CC2)C(=O)O)cc1C. The maximum absolute atomic E-state index is 11.5. The molecule has 1 aliphatic carbocycles. The Kier molecular flexibility index (Phi) is 4.76. The van der Waals surface area contributed by atoms with Crippen LogP contribution >= 0.6 is 11.8 Å². The van der Waals surface area contributed by atoms with E-state index < -0.39 is 11.5 Å². The van der Waals surface area contributed by atoms with Gasteiger partial charge in [0.2, 0.25) is 0 Å². The topological polar surface area (TPSA) is 49.3 Å². The Morgan fingerprint density at radius 3 is 2.65 bits per heavy atom. The van der Waals surface area contributed by atoms with E-state index in [-0.39, 0.29) is 0 Å². The number of nitrogens with one attached hydrogen (secondary N) is 1. The van der Waals surface area contributed by atoms with Crippen molar-refractivity contribution in [2.45, 2.75) is 56.5 Å². The fourth-order valence-corrected chi connectivity index (χ4v) is 3.27. The minimum atomic E-state index is -0.798. The van der Waals surface area contributed by atoms with Crippen molar-refractivity contribution in [1.82, 2.24) is 5.32 Å². The Balaban J connectivity index is 1.89. The standard InChI is InChI=1S/C16H23NO2S/c1-11-4-7-14(10-12(11)2)20-9-8-16(3,15(18)19)17-13-5-6-13/h4,7,10,13,17H,5-6,8-9H2,1-3H3,(H,18,19). The van der Waals surface area contributed by atoms with E-state index in [1.807, 2.05) is 0 Å². The molecule has 1 atom stereocenters. The van der Waals surface area contributed by atoms with Crippen LogP contribution in [0.5, 0.6) is 0 Å². The normalized spacial score (nSPS) is 17.8. The fourth-order valence-electron chi connectivity index (χ4n) is 2.10. The Bertz CT molecular complexity index is 499. The van der Waals surface area contributed by atoms with Gasteiger partial charge < -0.3 is 5.11 Å². The number of rotatable bonds is 7. The number of hydrogen-bond acceptors (Lipinski definition) is 3. The van der Waals surface area contributed by atoms with Crippen molar-refractivity contribution in [3.8, 4) is 0 Å². The third-order valence-corrected chi connectivity index (χ3v) is 4.92. The molecule has 2 N–H and O–H groups in total. The first-order valence-electron chi connectivity index (χ1n) is 7.12. The molecule has 2 rings (SSSR count). The van der Waals surface area contributed by atoms with E-state index in [1.54, 1.807) is 18.7 Å².